The van der Waals surface area contributed by atoms with Gasteiger partial charge in [0.2, 0.25) is 0 Å². The molecule has 0 saturated carbocycles. The molecule has 0 bridgehead atoms. The third-order valence-corrected chi connectivity index (χ3v) is 6.04. The molecule has 3 aromatic rings. The largest absolute Gasteiger partial charge is 0.373 e. The van der Waals surface area contributed by atoms with Crippen molar-refractivity contribution in [1.29, 1.82) is 0 Å². The minimum Gasteiger partial charge on any atom is -0.373 e. The molecule has 3 heterocycles. The maximum atomic E-state index is 11.3. The Morgan fingerprint density at radius 3 is 2.68 bits per heavy atom. The van der Waals surface area contributed by atoms with Crippen LogP contribution in [0.25, 0.3) is 10.9 Å². The number of nitrogens with zero attached hydrogens (tertiary/aromatic N) is 2. The first kappa shape index (κ1) is 15.2. The molecule has 25 heavy (non-hydrogen) atoms. The summed E-state index contributed by atoms with van der Waals surface area (Å²) in [6.07, 6.45) is 0.522. The van der Waals surface area contributed by atoms with Crippen LogP contribution in [0.3, 0.4) is 0 Å². The second-order valence-electron chi connectivity index (χ2n) is 7.81. The topological polar surface area (TPSA) is 28.4 Å². The summed E-state index contributed by atoms with van der Waals surface area (Å²) in [5.74, 6) is 0.630. The number of fused-ring (bicyclic) bond motifs is 3. The Balaban J connectivity index is 1.76. The highest BCUT2D eigenvalue weighted by molar-refractivity contribution is 5.87. The van der Waals surface area contributed by atoms with E-state index in [-0.39, 0.29) is 5.92 Å². The van der Waals surface area contributed by atoms with Crippen molar-refractivity contribution in [2.75, 3.05) is 13.6 Å². The Hall–Kier alpha value is -2.10. The molecule has 0 radical (unpaired) electrons. The first-order valence-electron chi connectivity index (χ1n) is 9.18. The first-order chi connectivity index (χ1) is 12.1. The molecule has 1 N–H and O–H groups in total. The van der Waals surface area contributed by atoms with E-state index in [9.17, 15) is 5.11 Å². The van der Waals surface area contributed by atoms with E-state index >= 15 is 0 Å². The molecule has 1 aromatic heterocycles. The average Bonchev–Trinajstić information content (AvgIpc) is 2.93. The average molecular weight is 332 g/mol. The molecule has 0 spiro atoms. The molecule has 3 unspecified atom stereocenters. The Labute approximate surface area is 148 Å². The number of aliphatic hydroxyl groups is 1. The van der Waals surface area contributed by atoms with Crippen LogP contribution in [0.2, 0.25) is 0 Å². The van der Waals surface area contributed by atoms with Gasteiger partial charge in [0.15, 0.2) is 0 Å². The lowest BCUT2D eigenvalue weighted by Gasteiger charge is -2.41. The standard InChI is InChI=1S/C22H24N2O/c1-14-8-9-20-18(10-14)19-13-23(2)12-16-11-17(15-6-4-3-5-7-15)22(25)24(20)21(16)19/h3-10,16-17,22,25H,11-13H2,1-2H3. The number of rotatable bonds is 1. The monoisotopic (exact) mass is 332 g/mol. The van der Waals surface area contributed by atoms with Gasteiger partial charge in [0.25, 0.3) is 0 Å². The van der Waals surface area contributed by atoms with Crippen molar-refractivity contribution in [3.05, 3.63) is 70.9 Å². The molecule has 0 saturated heterocycles. The van der Waals surface area contributed by atoms with Crippen LogP contribution in [0, 0.1) is 6.92 Å². The molecule has 2 aliphatic heterocycles. The molecule has 0 amide bonds. The second kappa shape index (κ2) is 5.45. The molecule has 5 rings (SSSR count). The number of benzene rings is 2. The zero-order valence-corrected chi connectivity index (χ0v) is 14.8. The van der Waals surface area contributed by atoms with Crippen molar-refractivity contribution in [2.24, 2.45) is 0 Å². The first-order valence-corrected chi connectivity index (χ1v) is 9.18. The van der Waals surface area contributed by atoms with Gasteiger partial charge in [-0.2, -0.15) is 0 Å². The molecule has 3 atom stereocenters. The maximum absolute atomic E-state index is 11.3. The summed E-state index contributed by atoms with van der Waals surface area (Å²) in [5.41, 5.74) is 6.50. The van der Waals surface area contributed by atoms with Gasteiger partial charge in [0, 0.05) is 36.0 Å². The Bertz CT molecular complexity index is 944. The number of aromatic nitrogens is 1. The lowest BCUT2D eigenvalue weighted by Crippen LogP contribution is -2.37. The fourth-order valence-electron chi connectivity index (χ4n) is 5.01. The van der Waals surface area contributed by atoms with Crippen LogP contribution in [-0.4, -0.2) is 28.2 Å². The highest BCUT2D eigenvalue weighted by Gasteiger charge is 2.40. The minimum absolute atomic E-state index is 0.148. The van der Waals surface area contributed by atoms with Crippen molar-refractivity contribution in [2.45, 2.75) is 38.0 Å². The van der Waals surface area contributed by atoms with E-state index in [1.165, 1.54) is 33.3 Å². The fourth-order valence-corrected chi connectivity index (χ4v) is 5.01. The van der Waals surface area contributed by atoms with E-state index in [0.29, 0.717) is 5.92 Å². The molecule has 0 aliphatic carbocycles. The van der Waals surface area contributed by atoms with Crippen LogP contribution in [0.15, 0.2) is 48.5 Å². The van der Waals surface area contributed by atoms with Crippen LogP contribution in [0.1, 0.15) is 46.9 Å². The number of aryl methyl sites for hydroxylation is 1. The minimum atomic E-state index is -0.490. The van der Waals surface area contributed by atoms with E-state index in [1.54, 1.807) is 0 Å². The number of hydrogen-bond donors (Lipinski definition) is 1. The van der Waals surface area contributed by atoms with Gasteiger partial charge in [-0.3, -0.25) is 0 Å². The van der Waals surface area contributed by atoms with Crippen molar-refractivity contribution in [3.63, 3.8) is 0 Å². The SMILES string of the molecule is Cc1ccc2c(c1)c1c3n2C(O)C(c2ccccc2)CC3CN(C)C1. The molecular formula is C22H24N2O. The molecule has 2 aliphatic rings. The third-order valence-electron chi connectivity index (χ3n) is 6.04. The summed E-state index contributed by atoms with van der Waals surface area (Å²) >= 11 is 0. The number of aliphatic hydroxyl groups excluding tert-OH is 1. The predicted octanol–water partition coefficient (Wildman–Crippen LogP) is 4.16. The molecule has 0 fully saturated rings. The summed E-state index contributed by atoms with van der Waals surface area (Å²) in [5, 5.41) is 12.6. The van der Waals surface area contributed by atoms with Crippen LogP contribution in [0.4, 0.5) is 0 Å². The van der Waals surface area contributed by atoms with Crippen molar-refractivity contribution in [3.8, 4) is 0 Å². The molecule has 3 nitrogen and oxygen atoms in total. The van der Waals surface area contributed by atoms with Crippen LogP contribution in [0.5, 0.6) is 0 Å². The molecule has 2 aromatic carbocycles. The Morgan fingerprint density at radius 1 is 1.08 bits per heavy atom. The third kappa shape index (κ3) is 2.19. The van der Waals surface area contributed by atoms with E-state index in [2.05, 4.69) is 65.9 Å². The van der Waals surface area contributed by atoms with Crippen LogP contribution >= 0.6 is 0 Å². The van der Waals surface area contributed by atoms with E-state index in [0.717, 1.165) is 19.5 Å². The van der Waals surface area contributed by atoms with Gasteiger partial charge in [-0.1, -0.05) is 42.0 Å². The van der Waals surface area contributed by atoms with E-state index in [4.69, 9.17) is 0 Å². The second-order valence-corrected chi connectivity index (χ2v) is 7.81. The fraction of sp³-hybridized carbons (Fsp3) is 0.364. The molecule has 128 valence electrons. The summed E-state index contributed by atoms with van der Waals surface area (Å²) in [7, 11) is 2.21. The van der Waals surface area contributed by atoms with Crippen molar-refractivity contribution in [1.82, 2.24) is 9.47 Å². The van der Waals surface area contributed by atoms with Gasteiger partial charge in [-0.05, 0) is 43.7 Å². The summed E-state index contributed by atoms with van der Waals surface area (Å²) < 4.78 is 2.24. The Morgan fingerprint density at radius 2 is 1.88 bits per heavy atom. The smallest absolute Gasteiger partial charge is 0.137 e. The van der Waals surface area contributed by atoms with Crippen molar-refractivity contribution >= 4 is 10.9 Å². The van der Waals surface area contributed by atoms with Crippen LogP contribution in [-0.2, 0) is 6.54 Å². The van der Waals surface area contributed by atoms with E-state index < -0.39 is 6.23 Å². The summed E-state index contributed by atoms with van der Waals surface area (Å²) in [6, 6.07) is 17.1. The normalized spacial score (nSPS) is 26.0. The summed E-state index contributed by atoms with van der Waals surface area (Å²) in [4.78, 5) is 2.43. The number of likely N-dealkylation sites (N-methyl/N-ethyl adjacent to an activating group) is 1. The highest BCUT2D eigenvalue weighted by atomic mass is 16.3. The van der Waals surface area contributed by atoms with Gasteiger partial charge in [0.05, 0.1) is 5.52 Å². The van der Waals surface area contributed by atoms with E-state index in [1.807, 2.05) is 6.07 Å². The van der Waals surface area contributed by atoms with Crippen molar-refractivity contribution < 1.29 is 5.11 Å². The van der Waals surface area contributed by atoms with Crippen LogP contribution < -0.4 is 0 Å². The zero-order chi connectivity index (χ0) is 17.1. The van der Waals surface area contributed by atoms with Gasteiger partial charge < -0.3 is 14.6 Å². The summed E-state index contributed by atoms with van der Waals surface area (Å²) in [6.45, 7) is 4.19. The van der Waals surface area contributed by atoms with Gasteiger partial charge >= 0.3 is 0 Å². The highest BCUT2D eigenvalue weighted by Crippen LogP contribution is 2.49. The zero-order valence-electron chi connectivity index (χ0n) is 14.8. The quantitative estimate of drug-likeness (QED) is 0.725. The maximum Gasteiger partial charge on any atom is 0.137 e. The van der Waals surface area contributed by atoms with Gasteiger partial charge in [-0.15, -0.1) is 0 Å². The Kier molecular flexibility index (Phi) is 3.31. The lowest BCUT2D eigenvalue weighted by molar-refractivity contribution is 0.0464. The molecular weight excluding hydrogens is 308 g/mol. The predicted molar refractivity (Wildman–Crippen MR) is 101 cm³/mol. The van der Waals surface area contributed by atoms with Gasteiger partial charge in [-0.25, -0.2) is 0 Å². The lowest BCUT2D eigenvalue weighted by atomic mass is 9.80. The number of hydrogen-bond acceptors (Lipinski definition) is 2. The van der Waals surface area contributed by atoms with Gasteiger partial charge in [0.1, 0.15) is 6.23 Å². The molecule has 3 heteroatoms.